The van der Waals surface area contributed by atoms with Crippen molar-refractivity contribution >= 4 is 10.9 Å². The van der Waals surface area contributed by atoms with Crippen LogP contribution in [0.5, 0.6) is 0 Å². The van der Waals surface area contributed by atoms with Crippen LogP contribution in [-0.4, -0.2) is 19.5 Å². The van der Waals surface area contributed by atoms with Crippen molar-refractivity contribution in [2.45, 2.75) is 0 Å². The first-order valence-electron chi connectivity index (χ1n) is 4.86. The second kappa shape index (κ2) is 3.16. The summed E-state index contributed by atoms with van der Waals surface area (Å²) >= 11 is 0. The number of imidazole rings is 1. The highest BCUT2D eigenvalue weighted by Gasteiger charge is 2.10. The van der Waals surface area contributed by atoms with Crippen LogP contribution in [0.25, 0.3) is 22.3 Å². The van der Waals surface area contributed by atoms with Gasteiger partial charge in [0.05, 0.1) is 11.7 Å². The average Bonchev–Trinajstić information content (AvgIpc) is 2.83. The van der Waals surface area contributed by atoms with E-state index in [9.17, 15) is 4.39 Å². The van der Waals surface area contributed by atoms with Gasteiger partial charge in [0.15, 0.2) is 0 Å². The van der Waals surface area contributed by atoms with Gasteiger partial charge in [0.1, 0.15) is 5.82 Å². The maximum atomic E-state index is 13.1. The Bertz CT molecular complexity index is 653. The molecule has 80 valence electrons. The first-order chi connectivity index (χ1) is 7.75. The number of rotatable bonds is 1. The SMILES string of the molecule is Cn1ccnc1-c1c[nH]c2cnc(F)cc12. The Labute approximate surface area is 90.8 Å². The zero-order valence-corrected chi connectivity index (χ0v) is 8.61. The van der Waals surface area contributed by atoms with Gasteiger partial charge in [-0.3, -0.25) is 0 Å². The molecule has 0 radical (unpaired) electrons. The quantitative estimate of drug-likeness (QED) is 0.633. The zero-order chi connectivity index (χ0) is 11.1. The molecule has 4 nitrogen and oxygen atoms in total. The van der Waals surface area contributed by atoms with Crippen LogP contribution in [0.2, 0.25) is 0 Å². The summed E-state index contributed by atoms with van der Waals surface area (Å²) in [5.41, 5.74) is 1.68. The van der Waals surface area contributed by atoms with Crippen molar-refractivity contribution in [1.82, 2.24) is 19.5 Å². The van der Waals surface area contributed by atoms with Gasteiger partial charge < -0.3 is 9.55 Å². The number of halogens is 1. The third-order valence-corrected chi connectivity index (χ3v) is 2.59. The Morgan fingerprint density at radius 3 is 3.00 bits per heavy atom. The molecule has 3 aromatic rings. The molecule has 3 aromatic heterocycles. The summed E-state index contributed by atoms with van der Waals surface area (Å²) in [7, 11) is 1.90. The molecular weight excluding hydrogens is 207 g/mol. The van der Waals surface area contributed by atoms with Gasteiger partial charge in [0.2, 0.25) is 5.95 Å². The first kappa shape index (κ1) is 9.08. The minimum Gasteiger partial charge on any atom is -0.359 e. The average molecular weight is 216 g/mol. The van der Waals surface area contributed by atoms with Crippen molar-refractivity contribution in [2.24, 2.45) is 7.05 Å². The topological polar surface area (TPSA) is 46.5 Å². The fourth-order valence-electron chi connectivity index (χ4n) is 1.81. The Kier molecular flexibility index (Phi) is 1.80. The predicted octanol–water partition coefficient (Wildman–Crippen LogP) is 2.10. The van der Waals surface area contributed by atoms with E-state index in [1.165, 1.54) is 12.3 Å². The van der Waals surface area contributed by atoms with Gasteiger partial charge in [0.25, 0.3) is 0 Å². The van der Waals surface area contributed by atoms with E-state index in [4.69, 9.17) is 0 Å². The molecule has 5 heteroatoms. The third kappa shape index (κ3) is 1.21. The summed E-state index contributed by atoms with van der Waals surface area (Å²) in [5.74, 6) is 0.319. The van der Waals surface area contributed by atoms with Crippen molar-refractivity contribution in [3.63, 3.8) is 0 Å². The van der Waals surface area contributed by atoms with Crippen LogP contribution in [0.1, 0.15) is 0 Å². The molecule has 0 bridgehead atoms. The summed E-state index contributed by atoms with van der Waals surface area (Å²) in [4.78, 5) is 10.9. The minimum atomic E-state index is -0.484. The Hall–Kier alpha value is -2.17. The molecule has 1 N–H and O–H groups in total. The summed E-state index contributed by atoms with van der Waals surface area (Å²) in [6, 6.07) is 1.41. The lowest BCUT2D eigenvalue weighted by molar-refractivity contribution is 0.586. The van der Waals surface area contributed by atoms with E-state index in [1.807, 2.05) is 24.0 Å². The lowest BCUT2D eigenvalue weighted by atomic mass is 10.2. The van der Waals surface area contributed by atoms with Crippen molar-refractivity contribution in [3.05, 3.63) is 36.8 Å². The molecular formula is C11H9FN4. The molecule has 3 heterocycles. The normalized spacial score (nSPS) is 11.1. The Morgan fingerprint density at radius 1 is 1.38 bits per heavy atom. The van der Waals surface area contributed by atoms with Crippen LogP contribution in [0.15, 0.2) is 30.9 Å². The van der Waals surface area contributed by atoms with Crippen molar-refractivity contribution < 1.29 is 4.39 Å². The predicted molar refractivity (Wildman–Crippen MR) is 58.3 cm³/mol. The number of nitrogens with one attached hydrogen (secondary N) is 1. The second-order valence-electron chi connectivity index (χ2n) is 3.62. The van der Waals surface area contributed by atoms with Gasteiger partial charge in [-0.2, -0.15) is 4.39 Å². The second-order valence-corrected chi connectivity index (χ2v) is 3.62. The molecule has 0 atom stereocenters. The minimum absolute atomic E-state index is 0.484. The fourth-order valence-corrected chi connectivity index (χ4v) is 1.81. The van der Waals surface area contributed by atoms with Gasteiger partial charge in [-0.25, -0.2) is 9.97 Å². The van der Waals surface area contributed by atoms with Crippen LogP contribution in [0, 0.1) is 5.95 Å². The molecule has 0 unspecified atom stereocenters. The summed E-state index contributed by atoms with van der Waals surface area (Å²) in [6.45, 7) is 0. The number of pyridine rings is 1. The summed E-state index contributed by atoms with van der Waals surface area (Å²) < 4.78 is 15.0. The maximum absolute atomic E-state index is 13.1. The molecule has 3 rings (SSSR count). The van der Waals surface area contributed by atoms with E-state index in [-0.39, 0.29) is 0 Å². The van der Waals surface area contributed by atoms with Gasteiger partial charge in [0, 0.05) is 42.7 Å². The van der Waals surface area contributed by atoms with Gasteiger partial charge in [-0.1, -0.05) is 0 Å². The number of H-pyrrole nitrogens is 1. The molecule has 0 spiro atoms. The highest BCUT2D eigenvalue weighted by atomic mass is 19.1. The molecule has 0 aromatic carbocycles. The van der Waals surface area contributed by atoms with Gasteiger partial charge in [-0.05, 0) is 0 Å². The number of hydrogen-bond acceptors (Lipinski definition) is 2. The molecule has 0 aliphatic rings. The molecule has 0 aliphatic heterocycles. The van der Waals surface area contributed by atoms with Crippen LogP contribution in [-0.2, 0) is 7.05 Å². The fraction of sp³-hybridized carbons (Fsp3) is 0.0909. The highest BCUT2D eigenvalue weighted by molar-refractivity contribution is 5.93. The third-order valence-electron chi connectivity index (χ3n) is 2.59. The van der Waals surface area contributed by atoms with Crippen LogP contribution in [0.4, 0.5) is 4.39 Å². The van der Waals surface area contributed by atoms with Crippen molar-refractivity contribution in [2.75, 3.05) is 0 Å². The van der Waals surface area contributed by atoms with Crippen molar-refractivity contribution in [1.29, 1.82) is 0 Å². The van der Waals surface area contributed by atoms with Crippen LogP contribution in [0.3, 0.4) is 0 Å². The number of aromatic nitrogens is 4. The van der Waals surface area contributed by atoms with E-state index >= 15 is 0 Å². The standard InChI is InChI=1S/C11H9FN4/c1-16-3-2-13-11(16)8-5-14-9-6-15-10(12)4-7(8)9/h2-6,14H,1H3. The number of aryl methyl sites for hydroxylation is 1. The molecule has 0 aliphatic carbocycles. The Morgan fingerprint density at radius 2 is 2.25 bits per heavy atom. The van der Waals surface area contributed by atoms with E-state index < -0.39 is 5.95 Å². The summed E-state index contributed by atoms with van der Waals surface area (Å²) in [5, 5.41) is 0.793. The summed E-state index contributed by atoms with van der Waals surface area (Å²) in [6.07, 6.45) is 6.86. The number of fused-ring (bicyclic) bond motifs is 1. The highest BCUT2D eigenvalue weighted by Crippen LogP contribution is 2.26. The van der Waals surface area contributed by atoms with Crippen LogP contribution < -0.4 is 0 Å². The smallest absolute Gasteiger partial charge is 0.213 e. The number of nitrogens with zero attached hydrogens (tertiary/aromatic N) is 3. The monoisotopic (exact) mass is 216 g/mol. The van der Waals surface area contributed by atoms with E-state index in [0.29, 0.717) is 0 Å². The molecule has 0 fully saturated rings. The lowest BCUT2D eigenvalue weighted by Crippen LogP contribution is -1.90. The van der Waals surface area contributed by atoms with Gasteiger partial charge >= 0.3 is 0 Å². The van der Waals surface area contributed by atoms with Crippen molar-refractivity contribution in [3.8, 4) is 11.4 Å². The van der Waals surface area contributed by atoms with Gasteiger partial charge in [-0.15, -0.1) is 0 Å². The number of aromatic amines is 1. The molecule has 0 saturated carbocycles. The van der Waals surface area contributed by atoms with E-state index in [1.54, 1.807) is 6.20 Å². The molecule has 16 heavy (non-hydrogen) atoms. The lowest BCUT2D eigenvalue weighted by Gasteiger charge is -1.99. The van der Waals surface area contributed by atoms with E-state index in [2.05, 4.69) is 15.0 Å². The largest absolute Gasteiger partial charge is 0.359 e. The number of hydrogen-bond donors (Lipinski definition) is 1. The zero-order valence-electron chi connectivity index (χ0n) is 8.61. The Balaban J connectivity index is 2.32. The maximum Gasteiger partial charge on any atom is 0.213 e. The van der Waals surface area contributed by atoms with Crippen LogP contribution >= 0.6 is 0 Å². The molecule has 0 amide bonds. The molecule has 0 saturated heterocycles. The van der Waals surface area contributed by atoms with E-state index in [0.717, 1.165) is 22.3 Å². The first-order valence-corrected chi connectivity index (χ1v) is 4.86.